The maximum atomic E-state index is 12.2. The molecular weight excluding hydrogens is 482 g/mol. The topological polar surface area (TPSA) is 102 Å². The highest BCUT2D eigenvalue weighted by atomic mass is 35.5. The van der Waals surface area contributed by atoms with Crippen LogP contribution < -0.4 is 10.6 Å². The monoisotopic (exact) mass is 511 g/mol. The molecule has 1 aromatic carbocycles. The van der Waals surface area contributed by atoms with Crippen LogP contribution in [0.3, 0.4) is 0 Å². The smallest absolute Gasteiger partial charge is 0.269 e. The first kappa shape index (κ1) is 25.5. The summed E-state index contributed by atoms with van der Waals surface area (Å²) in [5.41, 5.74) is 1.46. The van der Waals surface area contributed by atoms with Crippen LogP contribution in [0.4, 0.5) is 5.69 Å². The third kappa shape index (κ3) is 5.51. The molecule has 0 fully saturated rings. The van der Waals surface area contributed by atoms with Crippen molar-refractivity contribution in [2.75, 3.05) is 19.4 Å². The zero-order valence-corrected chi connectivity index (χ0v) is 22.2. The lowest BCUT2D eigenvalue weighted by atomic mass is 10.0. The van der Waals surface area contributed by atoms with Crippen molar-refractivity contribution < 1.29 is 13.7 Å². The first-order chi connectivity index (χ1) is 15.5. The van der Waals surface area contributed by atoms with Crippen molar-refractivity contribution in [1.29, 1.82) is 0 Å². The zero-order valence-electron chi connectivity index (χ0n) is 19.8. The van der Waals surface area contributed by atoms with Crippen molar-refractivity contribution >= 4 is 56.2 Å². The van der Waals surface area contributed by atoms with Crippen molar-refractivity contribution in [3.8, 4) is 5.75 Å². The number of halogens is 1. The number of rotatable bonds is 6. The first-order valence-corrected chi connectivity index (χ1v) is 13.1. The normalized spacial score (nSPS) is 17.9. The van der Waals surface area contributed by atoms with Crippen LogP contribution in [0.25, 0.3) is 0 Å². The fraction of sp³-hybridized carbons (Fsp3) is 0.409. The average molecular weight is 512 g/mol. The summed E-state index contributed by atoms with van der Waals surface area (Å²) in [6.45, 7) is 9.95. The molecule has 2 unspecified atom stereocenters. The van der Waals surface area contributed by atoms with Crippen LogP contribution in [0.1, 0.15) is 43.9 Å². The average Bonchev–Trinajstić information content (AvgIpc) is 3.25. The second kappa shape index (κ2) is 10.4. The van der Waals surface area contributed by atoms with Gasteiger partial charge in [0.2, 0.25) is 0 Å². The number of benzene rings is 1. The number of aryl methyl sites for hydroxylation is 2. The number of aromatic hydroxyl groups is 1. The van der Waals surface area contributed by atoms with E-state index >= 15 is 0 Å². The van der Waals surface area contributed by atoms with Crippen LogP contribution in [0.5, 0.6) is 5.75 Å². The van der Waals surface area contributed by atoms with Crippen molar-refractivity contribution in [3.05, 3.63) is 40.3 Å². The van der Waals surface area contributed by atoms with E-state index in [9.17, 15) is 9.32 Å². The summed E-state index contributed by atoms with van der Waals surface area (Å²) < 4.78 is 28.3. The summed E-state index contributed by atoms with van der Waals surface area (Å²) in [4.78, 5) is 0.599. The number of nitrogens with one attached hydrogen (secondary N) is 2. The molecule has 3 atom stereocenters. The van der Waals surface area contributed by atoms with Gasteiger partial charge in [-0.3, -0.25) is 4.31 Å². The van der Waals surface area contributed by atoms with E-state index in [1.807, 2.05) is 50.6 Å². The Labute approximate surface area is 204 Å². The van der Waals surface area contributed by atoms with Crippen LogP contribution in [-0.2, 0) is 11.2 Å². The molecule has 2 aromatic rings. The Morgan fingerprint density at radius 3 is 2.45 bits per heavy atom. The third-order valence-electron chi connectivity index (χ3n) is 5.18. The molecule has 0 radical (unpaired) electrons. The number of furan rings is 1. The van der Waals surface area contributed by atoms with Gasteiger partial charge in [0, 0.05) is 0 Å². The Morgan fingerprint density at radius 2 is 1.91 bits per heavy atom. The van der Waals surface area contributed by atoms with Crippen molar-refractivity contribution in [2.45, 2.75) is 45.6 Å². The van der Waals surface area contributed by atoms with E-state index in [4.69, 9.17) is 16.0 Å². The molecule has 0 spiro atoms. The van der Waals surface area contributed by atoms with Gasteiger partial charge in [-0.2, -0.15) is 0 Å². The summed E-state index contributed by atoms with van der Waals surface area (Å²) >= 11 is 4.64. The Morgan fingerprint density at radius 1 is 1.24 bits per heavy atom. The van der Waals surface area contributed by atoms with Crippen LogP contribution in [0, 0.1) is 19.8 Å². The van der Waals surface area contributed by atoms with E-state index < -0.39 is 21.8 Å². The first-order valence-electron chi connectivity index (χ1n) is 10.4. The molecule has 0 saturated heterocycles. The molecule has 1 aromatic heterocycles. The van der Waals surface area contributed by atoms with Crippen LogP contribution in [-0.4, -0.2) is 44.8 Å². The molecule has 3 rings (SSSR count). The molecule has 0 bridgehead atoms. The van der Waals surface area contributed by atoms with E-state index in [2.05, 4.69) is 33.3 Å². The highest BCUT2D eigenvalue weighted by Crippen LogP contribution is 2.44. The van der Waals surface area contributed by atoms with Crippen LogP contribution >= 0.6 is 22.3 Å². The number of nitrogens with zero attached hydrogens (tertiary/aromatic N) is 3. The lowest BCUT2D eigenvalue weighted by Crippen LogP contribution is -2.38. The quantitative estimate of drug-likeness (QED) is 0.374. The highest BCUT2D eigenvalue weighted by Gasteiger charge is 2.28. The minimum Gasteiger partial charge on any atom is -0.505 e. The van der Waals surface area contributed by atoms with Gasteiger partial charge < -0.3 is 20.2 Å². The fourth-order valence-corrected chi connectivity index (χ4v) is 6.01. The lowest BCUT2D eigenvalue weighted by Gasteiger charge is -2.23. The van der Waals surface area contributed by atoms with Crippen molar-refractivity contribution in [2.24, 2.45) is 14.7 Å². The van der Waals surface area contributed by atoms with Gasteiger partial charge >= 0.3 is 0 Å². The molecule has 0 saturated carbocycles. The summed E-state index contributed by atoms with van der Waals surface area (Å²) in [6, 6.07) is 5.16. The maximum Gasteiger partial charge on any atom is 0.269 e. The zero-order chi connectivity index (χ0) is 24.4. The number of phenols is 1. The fourth-order valence-electron chi connectivity index (χ4n) is 3.39. The number of amidine groups is 2. The number of anilines is 1. The number of hydrogen-bond donors (Lipinski definition) is 3. The van der Waals surface area contributed by atoms with Crippen molar-refractivity contribution in [1.82, 2.24) is 9.62 Å². The number of phenolic OH excluding ortho intramolecular Hbond substituents is 1. The molecule has 0 amide bonds. The summed E-state index contributed by atoms with van der Waals surface area (Å²) in [6.07, 6.45) is 0. The summed E-state index contributed by atoms with van der Waals surface area (Å²) in [5.74, 6) is 2.39. The highest BCUT2D eigenvalue weighted by molar-refractivity contribution is 8.13. The van der Waals surface area contributed by atoms with E-state index in [0.29, 0.717) is 21.4 Å². The van der Waals surface area contributed by atoms with Crippen LogP contribution in [0.15, 0.2) is 36.3 Å². The van der Waals surface area contributed by atoms with Gasteiger partial charge in [-0.25, -0.2) is 4.21 Å². The molecule has 11 heteroatoms. The molecule has 3 N–H and O–H groups in total. The van der Waals surface area contributed by atoms with Gasteiger partial charge in [0.25, 0.3) is 11.2 Å². The SMILES string of the molecule is C/C=S(/c1c(Cl)ccc(NC2=NS(=O)N=C2N[C@@H](c2cc(C)c(C)o2)C(C)C)c1O)N(C)C. The second-order valence-electron chi connectivity index (χ2n) is 8.12. The Hall–Kier alpha value is -2.14. The van der Waals surface area contributed by atoms with Gasteiger partial charge in [0.1, 0.15) is 11.5 Å². The molecule has 180 valence electrons. The molecule has 1 aliphatic rings. The van der Waals surface area contributed by atoms with E-state index in [0.717, 1.165) is 17.1 Å². The van der Waals surface area contributed by atoms with Gasteiger partial charge in [0.15, 0.2) is 17.4 Å². The molecule has 8 nitrogen and oxygen atoms in total. The summed E-state index contributed by atoms with van der Waals surface area (Å²) in [5, 5.41) is 19.9. The van der Waals surface area contributed by atoms with E-state index in [1.165, 1.54) is 0 Å². The second-order valence-corrected chi connectivity index (χ2v) is 11.6. The number of hydrogen-bond acceptors (Lipinski definition) is 6. The standard InChI is InChI=1S/C22H30ClN5O3S2/c1-8-32(28(6)7)20-15(23)9-10-16(19(20)29)24-21-22(27-33(30)26-21)25-18(12(2)3)17-11-13(4)14(5)31-17/h8-12,18,29H,1-7H3,(H,24,26)(H,25,27)/t18-,32?,33?/m1/s1. The predicted molar refractivity (Wildman–Crippen MR) is 140 cm³/mol. The Balaban J connectivity index is 1.92. The third-order valence-corrected chi connectivity index (χ3v) is 8.35. The minimum absolute atomic E-state index is 0.00931. The molecule has 1 aliphatic heterocycles. The van der Waals surface area contributed by atoms with Gasteiger partial charge in [0.05, 0.1) is 21.6 Å². The van der Waals surface area contributed by atoms with E-state index in [-0.39, 0.29) is 23.5 Å². The molecule has 33 heavy (non-hydrogen) atoms. The van der Waals surface area contributed by atoms with Gasteiger partial charge in [-0.05, 0) is 69.9 Å². The largest absolute Gasteiger partial charge is 0.505 e. The molecule has 2 heterocycles. The van der Waals surface area contributed by atoms with Gasteiger partial charge in [-0.15, -0.1) is 8.80 Å². The van der Waals surface area contributed by atoms with E-state index in [1.54, 1.807) is 12.1 Å². The Kier molecular flexibility index (Phi) is 8.04. The lowest BCUT2D eigenvalue weighted by molar-refractivity contribution is 0.369. The van der Waals surface area contributed by atoms with Crippen molar-refractivity contribution in [3.63, 3.8) is 0 Å². The molecular formula is C22H30ClN5O3S2. The van der Waals surface area contributed by atoms with Crippen LogP contribution in [0.2, 0.25) is 5.02 Å². The maximum absolute atomic E-state index is 12.2. The van der Waals surface area contributed by atoms with Gasteiger partial charge in [-0.1, -0.05) is 36.1 Å². The predicted octanol–water partition coefficient (Wildman–Crippen LogP) is 4.97. The summed E-state index contributed by atoms with van der Waals surface area (Å²) in [7, 11) is 3.33. The molecule has 0 aliphatic carbocycles. The Bertz CT molecular complexity index is 1150. The minimum atomic E-state index is -1.78.